The molecule has 0 saturated heterocycles. The molecule has 0 fully saturated rings. The summed E-state index contributed by atoms with van der Waals surface area (Å²) >= 11 is 0. The maximum atomic E-state index is 11.7. The second-order valence-electron chi connectivity index (χ2n) is 4.28. The third-order valence-electron chi connectivity index (χ3n) is 2.71. The quantitative estimate of drug-likeness (QED) is 0.730. The minimum atomic E-state index is -0.509. The van der Waals surface area contributed by atoms with Crippen molar-refractivity contribution in [2.45, 2.75) is 32.7 Å². The summed E-state index contributed by atoms with van der Waals surface area (Å²) in [5.41, 5.74) is 12.7. The highest BCUT2D eigenvalue weighted by atomic mass is 16.2. The minimum Gasteiger partial charge on any atom is -0.366 e. The van der Waals surface area contributed by atoms with E-state index < -0.39 is 11.9 Å². The Balaban J connectivity index is 2.79. The number of hydrogen-bond acceptors (Lipinski definition) is 3. The number of primary amides is 1. The first-order valence-electron chi connectivity index (χ1n) is 5.92. The van der Waals surface area contributed by atoms with Gasteiger partial charge in [-0.25, -0.2) is 0 Å². The number of aryl methyl sites for hydroxylation is 1. The topological polar surface area (TPSA) is 98.2 Å². The molecular formula is C13H19N3O2. The van der Waals surface area contributed by atoms with Gasteiger partial charge in [0.15, 0.2) is 0 Å². The summed E-state index contributed by atoms with van der Waals surface area (Å²) in [5.74, 6) is -0.703. The fourth-order valence-corrected chi connectivity index (χ4v) is 1.62. The molecule has 18 heavy (non-hydrogen) atoms. The van der Waals surface area contributed by atoms with E-state index in [4.69, 9.17) is 11.5 Å². The van der Waals surface area contributed by atoms with Gasteiger partial charge in [-0.3, -0.25) is 9.59 Å². The molecule has 5 nitrogen and oxygen atoms in total. The van der Waals surface area contributed by atoms with Crippen LogP contribution in [0.1, 0.15) is 35.7 Å². The van der Waals surface area contributed by atoms with Crippen molar-refractivity contribution in [2.24, 2.45) is 11.5 Å². The van der Waals surface area contributed by atoms with Crippen LogP contribution in [0.4, 0.5) is 5.69 Å². The van der Waals surface area contributed by atoms with Crippen LogP contribution in [-0.2, 0) is 4.79 Å². The van der Waals surface area contributed by atoms with E-state index in [1.54, 1.807) is 25.1 Å². The standard InChI is InChI=1S/C13H19N3O2/c1-3-4-10(14)13(18)16-11-6-5-9(12(15)17)7-8(11)2/h5-7,10H,3-4,14H2,1-2H3,(H2,15,17)(H,16,18). The molecule has 0 aliphatic rings. The van der Waals surface area contributed by atoms with E-state index in [9.17, 15) is 9.59 Å². The minimum absolute atomic E-state index is 0.216. The molecule has 1 aromatic carbocycles. The summed E-state index contributed by atoms with van der Waals surface area (Å²) in [4.78, 5) is 22.7. The summed E-state index contributed by atoms with van der Waals surface area (Å²) in [6.07, 6.45) is 1.50. The third-order valence-corrected chi connectivity index (χ3v) is 2.71. The predicted octanol–water partition coefficient (Wildman–Crippen LogP) is 1.16. The van der Waals surface area contributed by atoms with Crippen molar-refractivity contribution in [2.75, 3.05) is 5.32 Å². The molecule has 98 valence electrons. The lowest BCUT2D eigenvalue weighted by atomic mass is 10.1. The van der Waals surface area contributed by atoms with Crippen LogP contribution >= 0.6 is 0 Å². The summed E-state index contributed by atoms with van der Waals surface area (Å²) in [7, 11) is 0. The van der Waals surface area contributed by atoms with Gasteiger partial charge in [0.1, 0.15) is 0 Å². The largest absolute Gasteiger partial charge is 0.366 e. The normalized spacial score (nSPS) is 11.9. The van der Waals surface area contributed by atoms with Crippen molar-refractivity contribution < 1.29 is 9.59 Å². The molecule has 0 bridgehead atoms. The average molecular weight is 249 g/mol. The van der Waals surface area contributed by atoms with Gasteiger partial charge in [-0.15, -0.1) is 0 Å². The van der Waals surface area contributed by atoms with Crippen LogP contribution in [0.15, 0.2) is 18.2 Å². The van der Waals surface area contributed by atoms with Crippen molar-refractivity contribution in [3.8, 4) is 0 Å². The molecule has 5 heteroatoms. The number of carbonyl (C=O) groups is 2. The van der Waals surface area contributed by atoms with Crippen LogP contribution in [0.5, 0.6) is 0 Å². The van der Waals surface area contributed by atoms with Crippen molar-refractivity contribution in [3.05, 3.63) is 29.3 Å². The van der Waals surface area contributed by atoms with Crippen molar-refractivity contribution >= 4 is 17.5 Å². The summed E-state index contributed by atoms with van der Waals surface area (Å²) in [6, 6.07) is 4.37. The Morgan fingerprint density at radius 2 is 2.06 bits per heavy atom. The number of nitrogens with one attached hydrogen (secondary N) is 1. The Morgan fingerprint density at radius 3 is 2.56 bits per heavy atom. The Hall–Kier alpha value is -1.88. The zero-order valence-corrected chi connectivity index (χ0v) is 10.7. The predicted molar refractivity (Wildman–Crippen MR) is 71.2 cm³/mol. The Kier molecular flexibility index (Phi) is 4.85. The number of nitrogens with two attached hydrogens (primary N) is 2. The maximum absolute atomic E-state index is 11.7. The van der Waals surface area contributed by atoms with E-state index in [-0.39, 0.29) is 5.91 Å². The molecule has 1 rings (SSSR count). The maximum Gasteiger partial charge on any atom is 0.248 e. The van der Waals surface area contributed by atoms with Gasteiger partial charge in [0, 0.05) is 11.3 Å². The van der Waals surface area contributed by atoms with Gasteiger partial charge in [-0.2, -0.15) is 0 Å². The number of rotatable bonds is 5. The van der Waals surface area contributed by atoms with Gasteiger partial charge in [-0.05, 0) is 37.1 Å². The van der Waals surface area contributed by atoms with E-state index in [1.807, 2.05) is 6.92 Å². The summed E-state index contributed by atoms with van der Waals surface area (Å²) in [5, 5.41) is 2.74. The van der Waals surface area contributed by atoms with E-state index in [2.05, 4.69) is 5.32 Å². The van der Waals surface area contributed by atoms with Crippen LogP contribution in [-0.4, -0.2) is 17.9 Å². The molecule has 5 N–H and O–H groups in total. The first-order valence-corrected chi connectivity index (χ1v) is 5.92. The lowest BCUT2D eigenvalue weighted by Crippen LogP contribution is -2.35. The molecule has 0 aliphatic heterocycles. The smallest absolute Gasteiger partial charge is 0.248 e. The number of amides is 2. The fourth-order valence-electron chi connectivity index (χ4n) is 1.62. The summed E-state index contributed by atoms with van der Waals surface area (Å²) in [6.45, 7) is 3.77. The number of hydrogen-bond donors (Lipinski definition) is 3. The van der Waals surface area contributed by atoms with E-state index in [0.717, 1.165) is 12.0 Å². The monoisotopic (exact) mass is 249 g/mol. The third kappa shape index (κ3) is 3.56. The molecule has 0 spiro atoms. The fraction of sp³-hybridized carbons (Fsp3) is 0.385. The highest BCUT2D eigenvalue weighted by Gasteiger charge is 2.13. The highest BCUT2D eigenvalue weighted by molar-refractivity contribution is 5.97. The molecule has 0 heterocycles. The van der Waals surface area contributed by atoms with E-state index in [1.165, 1.54) is 0 Å². The Labute approximate surface area is 107 Å². The number of carbonyl (C=O) groups excluding carboxylic acids is 2. The second kappa shape index (κ2) is 6.16. The van der Waals surface area contributed by atoms with E-state index >= 15 is 0 Å². The molecule has 0 aromatic heterocycles. The molecule has 0 radical (unpaired) electrons. The molecule has 1 aromatic rings. The van der Waals surface area contributed by atoms with Crippen LogP contribution in [0, 0.1) is 6.92 Å². The van der Waals surface area contributed by atoms with Gasteiger partial charge in [0.25, 0.3) is 0 Å². The first-order chi connectivity index (χ1) is 8.45. The van der Waals surface area contributed by atoms with E-state index in [0.29, 0.717) is 17.7 Å². The first kappa shape index (κ1) is 14.2. The summed E-state index contributed by atoms with van der Waals surface area (Å²) < 4.78 is 0. The molecular weight excluding hydrogens is 230 g/mol. The highest BCUT2D eigenvalue weighted by Crippen LogP contribution is 2.16. The SMILES string of the molecule is CCCC(N)C(=O)Nc1ccc(C(N)=O)cc1C. The lowest BCUT2D eigenvalue weighted by molar-refractivity contribution is -0.117. The van der Waals surface area contributed by atoms with Crippen LogP contribution in [0.25, 0.3) is 0 Å². The number of anilines is 1. The Morgan fingerprint density at radius 1 is 1.39 bits per heavy atom. The molecule has 1 atom stereocenters. The van der Waals surface area contributed by atoms with Crippen LogP contribution in [0.2, 0.25) is 0 Å². The van der Waals surface area contributed by atoms with Crippen molar-refractivity contribution in [1.82, 2.24) is 0 Å². The van der Waals surface area contributed by atoms with Gasteiger partial charge in [0.2, 0.25) is 11.8 Å². The van der Waals surface area contributed by atoms with Crippen LogP contribution in [0.3, 0.4) is 0 Å². The van der Waals surface area contributed by atoms with Crippen molar-refractivity contribution in [1.29, 1.82) is 0 Å². The van der Waals surface area contributed by atoms with Gasteiger partial charge >= 0.3 is 0 Å². The lowest BCUT2D eigenvalue weighted by Gasteiger charge is -2.13. The van der Waals surface area contributed by atoms with Gasteiger partial charge in [0.05, 0.1) is 6.04 Å². The van der Waals surface area contributed by atoms with Crippen molar-refractivity contribution in [3.63, 3.8) is 0 Å². The van der Waals surface area contributed by atoms with Crippen LogP contribution < -0.4 is 16.8 Å². The van der Waals surface area contributed by atoms with Gasteiger partial charge < -0.3 is 16.8 Å². The molecule has 2 amide bonds. The zero-order chi connectivity index (χ0) is 13.7. The average Bonchev–Trinajstić information content (AvgIpc) is 2.31. The Bertz CT molecular complexity index is 458. The number of benzene rings is 1. The molecule has 0 aliphatic carbocycles. The zero-order valence-electron chi connectivity index (χ0n) is 10.7. The second-order valence-corrected chi connectivity index (χ2v) is 4.28. The molecule has 1 unspecified atom stereocenters. The van der Waals surface area contributed by atoms with Gasteiger partial charge in [-0.1, -0.05) is 13.3 Å². The molecule has 0 saturated carbocycles.